The highest BCUT2D eigenvalue weighted by Gasteiger charge is 2.28. The molecule has 1 amide bonds. The van der Waals surface area contributed by atoms with Gasteiger partial charge in [-0.15, -0.1) is 11.3 Å². The normalized spacial score (nSPS) is 13.8. The highest BCUT2D eigenvalue weighted by atomic mass is 32.1. The number of hydrogen-bond acceptors (Lipinski definition) is 3. The van der Waals surface area contributed by atoms with Gasteiger partial charge in [-0.05, 0) is 48.8 Å². The van der Waals surface area contributed by atoms with Crippen molar-refractivity contribution in [2.75, 3.05) is 0 Å². The Hall–Kier alpha value is -2.20. The Labute approximate surface area is 153 Å². The molecule has 3 rings (SSSR count). The predicted molar refractivity (Wildman–Crippen MR) is 105 cm³/mol. The number of thiophene rings is 1. The van der Waals surface area contributed by atoms with E-state index in [-0.39, 0.29) is 11.4 Å². The van der Waals surface area contributed by atoms with E-state index in [9.17, 15) is 4.79 Å². The van der Waals surface area contributed by atoms with Gasteiger partial charge in [0.1, 0.15) is 4.83 Å². The molecule has 1 aromatic carbocycles. The number of rotatable bonds is 6. The van der Waals surface area contributed by atoms with E-state index in [0.29, 0.717) is 11.5 Å². The number of amides is 1. The molecule has 3 nitrogen and oxygen atoms in total. The standard InChI is InChI=1S/C21H24N2OS/c1-15(2)12-21(3,13-16-7-5-4-6-8-16)23-19(24)18-11-17-9-10-25-20(17)22-14-18/h4-11,14-15H,12-13H2,1-3H3,(H,23,24). The molecule has 0 aliphatic carbocycles. The third-order valence-corrected chi connectivity index (χ3v) is 5.12. The van der Waals surface area contributed by atoms with Crippen molar-refractivity contribution in [2.24, 2.45) is 5.92 Å². The van der Waals surface area contributed by atoms with Crippen molar-refractivity contribution in [1.82, 2.24) is 10.3 Å². The van der Waals surface area contributed by atoms with Crippen LogP contribution in [0, 0.1) is 5.92 Å². The first-order valence-corrected chi connectivity index (χ1v) is 9.53. The second-order valence-electron chi connectivity index (χ2n) is 7.31. The van der Waals surface area contributed by atoms with Crippen LogP contribution in [0.25, 0.3) is 10.2 Å². The summed E-state index contributed by atoms with van der Waals surface area (Å²) in [4.78, 5) is 18.2. The van der Waals surface area contributed by atoms with Crippen LogP contribution in [-0.4, -0.2) is 16.4 Å². The van der Waals surface area contributed by atoms with Gasteiger partial charge in [0.05, 0.1) is 5.56 Å². The number of carbonyl (C=O) groups is 1. The molecule has 130 valence electrons. The van der Waals surface area contributed by atoms with E-state index in [1.54, 1.807) is 17.5 Å². The van der Waals surface area contributed by atoms with Crippen LogP contribution in [0.5, 0.6) is 0 Å². The van der Waals surface area contributed by atoms with E-state index in [0.717, 1.165) is 23.1 Å². The molecule has 0 fully saturated rings. The van der Waals surface area contributed by atoms with Crippen LogP contribution in [0.4, 0.5) is 0 Å². The van der Waals surface area contributed by atoms with Crippen LogP contribution in [0.2, 0.25) is 0 Å². The molecule has 0 aliphatic rings. The Bertz CT molecular complexity index is 856. The van der Waals surface area contributed by atoms with E-state index >= 15 is 0 Å². The Morgan fingerprint density at radius 1 is 1.24 bits per heavy atom. The van der Waals surface area contributed by atoms with Crippen LogP contribution in [0.3, 0.4) is 0 Å². The number of fused-ring (bicyclic) bond motifs is 1. The fourth-order valence-corrected chi connectivity index (χ4v) is 4.16. The average molecular weight is 353 g/mol. The second kappa shape index (κ2) is 7.36. The zero-order valence-corrected chi connectivity index (χ0v) is 15.8. The summed E-state index contributed by atoms with van der Waals surface area (Å²) in [5, 5.41) is 6.29. The molecule has 2 aromatic heterocycles. The van der Waals surface area contributed by atoms with Crippen LogP contribution in [-0.2, 0) is 6.42 Å². The summed E-state index contributed by atoms with van der Waals surface area (Å²) in [6, 6.07) is 14.3. The molecule has 1 unspecified atom stereocenters. The molecule has 3 aromatic rings. The first-order chi connectivity index (χ1) is 12.0. The van der Waals surface area contributed by atoms with Crippen molar-refractivity contribution in [3.63, 3.8) is 0 Å². The molecule has 1 N–H and O–H groups in total. The zero-order chi connectivity index (χ0) is 17.9. The van der Waals surface area contributed by atoms with Gasteiger partial charge in [-0.3, -0.25) is 4.79 Å². The Morgan fingerprint density at radius 3 is 2.72 bits per heavy atom. The van der Waals surface area contributed by atoms with Crippen molar-refractivity contribution < 1.29 is 4.79 Å². The number of aromatic nitrogens is 1. The topological polar surface area (TPSA) is 42.0 Å². The SMILES string of the molecule is CC(C)CC(C)(Cc1ccccc1)NC(=O)c1cnc2sccc2c1. The predicted octanol–water partition coefficient (Wildman–Crippen LogP) is 5.07. The maximum atomic E-state index is 12.8. The van der Waals surface area contributed by atoms with Crippen LogP contribution < -0.4 is 5.32 Å². The Kier molecular flexibility index (Phi) is 5.19. The third-order valence-electron chi connectivity index (χ3n) is 4.28. The van der Waals surface area contributed by atoms with Gasteiger partial charge in [-0.2, -0.15) is 0 Å². The summed E-state index contributed by atoms with van der Waals surface area (Å²) in [5.41, 5.74) is 1.56. The largest absolute Gasteiger partial charge is 0.346 e. The van der Waals surface area contributed by atoms with Gasteiger partial charge in [0, 0.05) is 17.1 Å². The van der Waals surface area contributed by atoms with Crippen LogP contribution in [0.1, 0.15) is 43.1 Å². The summed E-state index contributed by atoms with van der Waals surface area (Å²) >= 11 is 1.59. The fraction of sp³-hybridized carbons (Fsp3) is 0.333. The van der Waals surface area contributed by atoms with Crippen molar-refractivity contribution in [3.8, 4) is 0 Å². The highest BCUT2D eigenvalue weighted by molar-refractivity contribution is 7.16. The van der Waals surface area contributed by atoms with Gasteiger partial charge in [0.2, 0.25) is 0 Å². The van der Waals surface area contributed by atoms with Gasteiger partial charge in [0.15, 0.2) is 0 Å². The maximum absolute atomic E-state index is 12.8. The number of hydrogen-bond donors (Lipinski definition) is 1. The minimum absolute atomic E-state index is 0.0559. The molecule has 0 saturated heterocycles. The van der Waals surface area contributed by atoms with E-state index < -0.39 is 0 Å². The fourth-order valence-electron chi connectivity index (χ4n) is 3.44. The number of nitrogens with one attached hydrogen (secondary N) is 1. The van der Waals surface area contributed by atoms with Gasteiger partial charge in [-0.25, -0.2) is 4.98 Å². The summed E-state index contributed by atoms with van der Waals surface area (Å²) < 4.78 is 0. The molecule has 0 radical (unpaired) electrons. The number of nitrogens with zero attached hydrogens (tertiary/aromatic N) is 1. The minimum Gasteiger partial charge on any atom is -0.346 e. The Morgan fingerprint density at radius 2 is 2.00 bits per heavy atom. The smallest absolute Gasteiger partial charge is 0.253 e. The number of pyridine rings is 1. The molecule has 0 bridgehead atoms. The minimum atomic E-state index is -0.295. The van der Waals surface area contributed by atoms with Gasteiger partial charge in [-0.1, -0.05) is 44.2 Å². The molecule has 0 aliphatic heterocycles. The zero-order valence-electron chi connectivity index (χ0n) is 15.0. The van der Waals surface area contributed by atoms with E-state index in [1.807, 2.05) is 35.7 Å². The molecule has 2 heterocycles. The molecule has 0 saturated carbocycles. The van der Waals surface area contributed by atoms with E-state index in [4.69, 9.17) is 0 Å². The van der Waals surface area contributed by atoms with Gasteiger partial charge >= 0.3 is 0 Å². The molecular weight excluding hydrogens is 328 g/mol. The average Bonchev–Trinajstić information content (AvgIpc) is 3.02. The third kappa shape index (κ3) is 4.45. The lowest BCUT2D eigenvalue weighted by Gasteiger charge is -2.33. The van der Waals surface area contributed by atoms with Crippen molar-refractivity contribution in [2.45, 2.75) is 39.2 Å². The van der Waals surface area contributed by atoms with Crippen molar-refractivity contribution in [3.05, 3.63) is 65.2 Å². The molecular formula is C21H24N2OS. The van der Waals surface area contributed by atoms with Gasteiger partial charge in [0.25, 0.3) is 5.91 Å². The lowest BCUT2D eigenvalue weighted by Crippen LogP contribution is -2.48. The summed E-state index contributed by atoms with van der Waals surface area (Å²) in [6.07, 6.45) is 3.40. The molecule has 1 atom stereocenters. The second-order valence-corrected chi connectivity index (χ2v) is 8.21. The van der Waals surface area contributed by atoms with Gasteiger partial charge < -0.3 is 5.32 Å². The van der Waals surface area contributed by atoms with E-state index in [2.05, 4.69) is 43.2 Å². The number of carbonyl (C=O) groups excluding carboxylic acids is 1. The Balaban J connectivity index is 1.82. The molecule has 0 spiro atoms. The van der Waals surface area contributed by atoms with Crippen molar-refractivity contribution >= 4 is 27.5 Å². The highest BCUT2D eigenvalue weighted by Crippen LogP contribution is 2.24. The lowest BCUT2D eigenvalue weighted by atomic mass is 9.84. The summed E-state index contributed by atoms with van der Waals surface area (Å²) in [6.45, 7) is 6.51. The van der Waals surface area contributed by atoms with Crippen LogP contribution >= 0.6 is 11.3 Å². The maximum Gasteiger partial charge on any atom is 0.253 e. The first kappa shape index (κ1) is 17.6. The summed E-state index contributed by atoms with van der Waals surface area (Å²) in [7, 11) is 0. The van der Waals surface area contributed by atoms with E-state index in [1.165, 1.54) is 5.56 Å². The quantitative estimate of drug-likeness (QED) is 0.672. The van der Waals surface area contributed by atoms with Crippen LogP contribution in [0.15, 0.2) is 54.0 Å². The molecule has 25 heavy (non-hydrogen) atoms. The summed E-state index contributed by atoms with van der Waals surface area (Å²) in [5.74, 6) is 0.436. The number of benzene rings is 1. The first-order valence-electron chi connectivity index (χ1n) is 8.65. The monoisotopic (exact) mass is 352 g/mol. The lowest BCUT2D eigenvalue weighted by molar-refractivity contribution is 0.0894. The molecule has 4 heteroatoms. The van der Waals surface area contributed by atoms with Crippen molar-refractivity contribution in [1.29, 1.82) is 0 Å².